The lowest BCUT2D eigenvalue weighted by molar-refractivity contribution is 0.476. The van der Waals surface area contributed by atoms with Gasteiger partial charge < -0.3 is 10.7 Å². The first-order valence-electron chi connectivity index (χ1n) is 5.86. The molecule has 0 aromatic carbocycles. The van der Waals surface area contributed by atoms with Gasteiger partial charge in [0.1, 0.15) is 5.82 Å². The van der Waals surface area contributed by atoms with Crippen molar-refractivity contribution in [2.45, 2.75) is 57.9 Å². The van der Waals surface area contributed by atoms with Crippen molar-refractivity contribution in [1.29, 1.82) is 0 Å². The number of imidazole rings is 1. The van der Waals surface area contributed by atoms with Crippen LogP contribution in [0.15, 0.2) is 0 Å². The molecule has 0 radical (unpaired) electrons. The van der Waals surface area contributed by atoms with Crippen LogP contribution in [-0.4, -0.2) is 16.0 Å². The number of fused-ring (bicyclic) bond motifs is 1. The van der Waals surface area contributed by atoms with E-state index in [1.165, 1.54) is 11.4 Å². The van der Waals surface area contributed by atoms with Gasteiger partial charge in [-0.05, 0) is 19.3 Å². The maximum atomic E-state index is 5.95. The fourth-order valence-electron chi connectivity index (χ4n) is 2.00. The molecule has 0 saturated carbocycles. The van der Waals surface area contributed by atoms with Gasteiger partial charge in [0.05, 0.1) is 5.69 Å². The largest absolute Gasteiger partial charge is 0.345 e. The van der Waals surface area contributed by atoms with E-state index < -0.39 is 0 Å². The maximum absolute atomic E-state index is 5.95. The maximum Gasteiger partial charge on any atom is 0.112 e. The Labute approximate surface area is 91.5 Å². The zero-order valence-corrected chi connectivity index (χ0v) is 9.93. The predicted molar refractivity (Wildman–Crippen MR) is 61.9 cm³/mol. The van der Waals surface area contributed by atoms with Crippen molar-refractivity contribution in [1.82, 2.24) is 9.97 Å². The lowest BCUT2D eigenvalue weighted by atomic mass is 9.89. The molecule has 0 fully saturated rings. The molecule has 0 amide bonds. The highest BCUT2D eigenvalue weighted by molar-refractivity contribution is 5.22. The van der Waals surface area contributed by atoms with Crippen molar-refractivity contribution in [3.8, 4) is 0 Å². The lowest BCUT2D eigenvalue weighted by Gasteiger charge is -2.19. The fourth-order valence-corrected chi connectivity index (χ4v) is 2.00. The third-order valence-electron chi connectivity index (χ3n) is 3.61. The number of hydrogen-bond donors (Lipinski definition) is 2. The molecule has 1 atom stereocenters. The molecular weight excluding hydrogens is 186 g/mol. The van der Waals surface area contributed by atoms with Crippen molar-refractivity contribution in [3.05, 3.63) is 17.2 Å². The average Bonchev–Trinajstić information content (AvgIpc) is 2.61. The smallest absolute Gasteiger partial charge is 0.112 e. The van der Waals surface area contributed by atoms with E-state index in [4.69, 9.17) is 10.7 Å². The minimum atomic E-state index is 0.154. The van der Waals surface area contributed by atoms with Crippen LogP contribution in [0.1, 0.15) is 50.8 Å². The molecule has 1 aliphatic carbocycles. The van der Waals surface area contributed by atoms with E-state index in [2.05, 4.69) is 25.8 Å². The number of rotatable bonds is 2. The minimum Gasteiger partial charge on any atom is -0.345 e. The van der Waals surface area contributed by atoms with Crippen LogP contribution in [0.25, 0.3) is 0 Å². The topological polar surface area (TPSA) is 54.7 Å². The minimum absolute atomic E-state index is 0.154. The Balaban J connectivity index is 2.30. The van der Waals surface area contributed by atoms with Crippen molar-refractivity contribution >= 4 is 0 Å². The van der Waals surface area contributed by atoms with E-state index >= 15 is 0 Å². The number of aryl methyl sites for hydroxylation is 1. The Bertz CT molecular complexity index is 352. The van der Waals surface area contributed by atoms with Crippen molar-refractivity contribution < 1.29 is 0 Å². The molecule has 3 nitrogen and oxygen atoms in total. The Morgan fingerprint density at radius 2 is 2.27 bits per heavy atom. The highest BCUT2D eigenvalue weighted by Gasteiger charge is 2.26. The van der Waals surface area contributed by atoms with Crippen LogP contribution in [0, 0.1) is 0 Å². The van der Waals surface area contributed by atoms with E-state index in [0.717, 1.165) is 31.5 Å². The Morgan fingerprint density at radius 3 is 2.93 bits per heavy atom. The molecule has 3 N–H and O–H groups in total. The second-order valence-corrected chi connectivity index (χ2v) is 5.25. The molecule has 1 aliphatic rings. The van der Waals surface area contributed by atoms with E-state index in [9.17, 15) is 0 Å². The third-order valence-corrected chi connectivity index (χ3v) is 3.61. The Kier molecular flexibility index (Phi) is 2.59. The average molecular weight is 207 g/mol. The summed E-state index contributed by atoms with van der Waals surface area (Å²) in [5, 5.41) is 0. The summed E-state index contributed by atoms with van der Waals surface area (Å²) in [7, 11) is 0. The van der Waals surface area contributed by atoms with Crippen LogP contribution < -0.4 is 5.73 Å². The normalized spacial score (nSPS) is 21.5. The number of aromatic amines is 1. The number of nitrogens with two attached hydrogens (primary N) is 1. The van der Waals surface area contributed by atoms with Gasteiger partial charge in [-0.15, -0.1) is 0 Å². The zero-order chi connectivity index (χ0) is 11.1. The molecule has 0 saturated heterocycles. The van der Waals surface area contributed by atoms with Gasteiger partial charge >= 0.3 is 0 Å². The van der Waals surface area contributed by atoms with Crippen LogP contribution in [0.4, 0.5) is 0 Å². The first-order valence-corrected chi connectivity index (χ1v) is 5.86. The zero-order valence-electron chi connectivity index (χ0n) is 9.93. The number of aromatic nitrogens is 2. The van der Waals surface area contributed by atoms with Gasteiger partial charge in [-0.25, -0.2) is 4.98 Å². The molecule has 0 bridgehead atoms. The molecule has 0 aliphatic heterocycles. The van der Waals surface area contributed by atoms with Crippen LogP contribution >= 0.6 is 0 Å². The third kappa shape index (κ3) is 1.93. The van der Waals surface area contributed by atoms with Crippen LogP contribution in [0.5, 0.6) is 0 Å². The van der Waals surface area contributed by atoms with Crippen LogP contribution in [-0.2, 0) is 18.3 Å². The summed E-state index contributed by atoms with van der Waals surface area (Å²) in [5.74, 6) is 1.13. The van der Waals surface area contributed by atoms with Gasteiger partial charge in [-0.3, -0.25) is 0 Å². The van der Waals surface area contributed by atoms with E-state index in [0.29, 0.717) is 6.04 Å². The summed E-state index contributed by atoms with van der Waals surface area (Å²) < 4.78 is 0. The molecule has 0 spiro atoms. The molecule has 1 heterocycles. The van der Waals surface area contributed by atoms with Crippen molar-refractivity contribution in [2.24, 2.45) is 5.73 Å². The predicted octanol–water partition coefficient (Wildman–Crippen LogP) is 1.91. The molecule has 3 heteroatoms. The number of nitrogens with zero attached hydrogens (tertiary/aromatic N) is 1. The monoisotopic (exact) mass is 207 g/mol. The van der Waals surface area contributed by atoms with Gasteiger partial charge in [0.2, 0.25) is 0 Å². The quantitative estimate of drug-likeness (QED) is 0.778. The SMILES string of the molecule is CCC(C)(C)c1nc2c([nH]1)CC(N)CC2. The van der Waals surface area contributed by atoms with E-state index in [-0.39, 0.29) is 5.41 Å². The van der Waals surface area contributed by atoms with Gasteiger partial charge in [-0.2, -0.15) is 0 Å². The van der Waals surface area contributed by atoms with Crippen LogP contribution in [0.3, 0.4) is 0 Å². The highest BCUT2D eigenvalue weighted by Crippen LogP contribution is 2.27. The van der Waals surface area contributed by atoms with Crippen molar-refractivity contribution in [3.63, 3.8) is 0 Å². The van der Waals surface area contributed by atoms with Gasteiger partial charge in [0.15, 0.2) is 0 Å². The van der Waals surface area contributed by atoms with Gasteiger partial charge in [0.25, 0.3) is 0 Å². The molecule has 84 valence electrons. The second kappa shape index (κ2) is 3.63. The fraction of sp³-hybridized carbons (Fsp3) is 0.750. The Morgan fingerprint density at radius 1 is 1.53 bits per heavy atom. The van der Waals surface area contributed by atoms with E-state index in [1.807, 2.05) is 0 Å². The summed E-state index contributed by atoms with van der Waals surface area (Å²) >= 11 is 0. The summed E-state index contributed by atoms with van der Waals surface area (Å²) in [4.78, 5) is 8.18. The highest BCUT2D eigenvalue weighted by atomic mass is 15.0. The molecule has 1 unspecified atom stereocenters. The summed E-state index contributed by atoms with van der Waals surface area (Å²) in [6.07, 6.45) is 4.17. The molecular formula is C12H21N3. The number of hydrogen-bond acceptors (Lipinski definition) is 2. The Hall–Kier alpha value is -0.830. The first kappa shape index (κ1) is 10.7. The van der Waals surface area contributed by atoms with Gasteiger partial charge in [-0.1, -0.05) is 20.8 Å². The number of nitrogens with one attached hydrogen (secondary N) is 1. The van der Waals surface area contributed by atoms with Crippen molar-refractivity contribution in [2.75, 3.05) is 0 Å². The summed E-state index contributed by atoms with van der Waals surface area (Å²) in [6.45, 7) is 6.67. The van der Waals surface area contributed by atoms with Gasteiger partial charge in [0, 0.05) is 23.6 Å². The molecule has 1 aromatic rings. The number of H-pyrrole nitrogens is 1. The summed E-state index contributed by atoms with van der Waals surface area (Å²) in [6, 6.07) is 0.315. The van der Waals surface area contributed by atoms with E-state index in [1.54, 1.807) is 0 Å². The second-order valence-electron chi connectivity index (χ2n) is 5.25. The molecule has 2 rings (SSSR count). The van der Waals surface area contributed by atoms with Crippen LogP contribution in [0.2, 0.25) is 0 Å². The standard InChI is InChI=1S/C12H21N3/c1-4-12(2,3)11-14-9-6-5-8(13)7-10(9)15-11/h8H,4-7,13H2,1-3H3,(H,14,15). The summed E-state index contributed by atoms with van der Waals surface area (Å²) in [5.41, 5.74) is 8.62. The first-order chi connectivity index (χ1) is 7.03. The lowest BCUT2D eigenvalue weighted by Crippen LogP contribution is -2.27. The molecule has 15 heavy (non-hydrogen) atoms. The molecule has 1 aromatic heterocycles.